The van der Waals surface area contributed by atoms with Gasteiger partial charge in [-0.05, 0) is 95.9 Å². The van der Waals surface area contributed by atoms with Crippen LogP contribution >= 0.6 is 0 Å². The molecule has 6 rings (SSSR count). The predicted molar refractivity (Wildman–Crippen MR) is 273 cm³/mol. The largest absolute Gasteiger partial charge is 0.356 e. The molecule has 6 aromatic rings. The van der Waals surface area contributed by atoms with Crippen LogP contribution in [0, 0.1) is 0 Å². The Kier molecular flexibility index (Phi) is 21.4. The molecule has 344 valence electrons. The monoisotopic (exact) mass is 871 g/mol. The molecule has 0 fully saturated rings. The van der Waals surface area contributed by atoms with Crippen LogP contribution in [0.4, 0.5) is 0 Å². The molecule has 0 bridgehead atoms. The van der Waals surface area contributed by atoms with Crippen molar-refractivity contribution in [3.05, 3.63) is 166 Å². The van der Waals surface area contributed by atoms with E-state index in [0.29, 0.717) is 0 Å². The van der Waals surface area contributed by atoms with Crippen LogP contribution in [0.1, 0.15) is 200 Å². The summed E-state index contributed by atoms with van der Waals surface area (Å²) in [7, 11) is 0. The standard InChI is InChI=1S/C60H78N4O/c1-5-9-13-17-21-25-49-43-61-59(62-44-49)55-39-35-53(36-40-55)57(51-31-27-47(28-32-51)23-19-15-11-7-3)65-58(52-33-29-48(30-34-52)24-20-16-12-8-4)54-37-41-56(42-38-54)60-63-45-50(46-64-60)26-22-18-14-10-6-2/h27-46,57-58H,5-26H2,1-4H3. The Labute approximate surface area is 393 Å². The summed E-state index contributed by atoms with van der Waals surface area (Å²) < 4.78 is 7.48. The molecule has 2 heterocycles. The van der Waals surface area contributed by atoms with E-state index >= 15 is 0 Å². The second-order valence-electron chi connectivity index (χ2n) is 18.4. The third-order valence-corrected chi connectivity index (χ3v) is 13.0. The molecule has 0 amide bonds. The van der Waals surface area contributed by atoms with Crippen LogP contribution < -0.4 is 0 Å². The van der Waals surface area contributed by atoms with Crippen molar-refractivity contribution in [1.29, 1.82) is 0 Å². The second kappa shape index (κ2) is 28.1. The van der Waals surface area contributed by atoms with E-state index in [2.05, 4.69) is 125 Å². The van der Waals surface area contributed by atoms with E-state index in [4.69, 9.17) is 24.7 Å². The number of aryl methyl sites for hydroxylation is 4. The maximum absolute atomic E-state index is 7.48. The van der Waals surface area contributed by atoms with E-state index in [1.165, 1.54) is 138 Å². The van der Waals surface area contributed by atoms with Crippen molar-refractivity contribution in [3.63, 3.8) is 0 Å². The smallest absolute Gasteiger partial charge is 0.159 e. The van der Waals surface area contributed by atoms with Gasteiger partial charge in [-0.1, -0.05) is 215 Å². The molecule has 2 aromatic heterocycles. The normalized spacial score (nSPS) is 12.4. The number of hydrogen-bond acceptors (Lipinski definition) is 5. The fourth-order valence-electron chi connectivity index (χ4n) is 8.81. The number of unbranched alkanes of at least 4 members (excludes halogenated alkanes) is 14. The van der Waals surface area contributed by atoms with Gasteiger partial charge in [-0.15, -0.1) is 0 Å². The number of ether oxygens (including phenoxy) is 1. The minimum absolute atomic E-state index is 0.314. The van der Waals surface area contributed by atoms with E-state index in [1.807, 2.05) is 24.8 Å². The molecule has 2 atom stereocenters. The van der Waals surface area contributed by atoms with Gasteiger partial charge >= 0.3 is 0 Å². The highest BCUT2D eigenvalue weighted by Crippen LogP contribution is 2.38. The molecule has 65 heavy (non-hydrogen) atoms. The minimum Gasteiger partial charge on any atom is -0.356 e. The summed E-state index contributed by atoms with van der Waals surface area (Å²) in [5, 5.41) is 0. The van der Waals surface area contributed by atoms with Crippen LogP contribution in [0.15, 0.2) is 122 Å². The van der Waals surface area contributed by atoms with Crippen molar-refractivity contribution in [2.75, 3.05) is 0 Å². The van der Waals surface area contributed by atoms with Crippen LogP contribution in [0.25, 0.3) is 22.8 Å². The van der Waals surface area contributed by atoms with Crippen molar-refractivity contribution in [3.8, 4) is 22.8 Å². The van der Waals surface area contributed by atoms with Gasteiger partial charge in [0.25, 0.3) is 0 Å². The highest BCUT2D eigenvalue weighted by molar-refractivity contribution is 5.57. The first-order valence-corrected chi connectivity index (χ1v) is 25.7. The Morgan fingerprint density at radius 1 is 0.308 bits per heavy atom. The maximum atomic E-state index is 7.48. The van der Waals surface area contributed by atoms with Gasteiger partial charge < -0.3 is 4.74 Å². The Balaban J connectivity index is 1.27. The number of aromatic nitrogens is 4. The molecule has 0 saturated carbocycles. The first kappa shape index (κ1) is 49.4. The lowest BCUT2D eigenvalue weighted by molar-refractivity contribution is 0.0308. The lowest BCUT2D eigenvalue weighted by Gasteiger charge is -2.27. The Morgan fingerprint density at radius 3 is 0.877 bits per heavy atom. The molecule has 0 aliphatic rings. The van der Waals surface area contributed by atoms with Crippen LogP contribution in [0.2, 0.25) is 0 Å². The van der Waals surface area contributed by atoms with Gasteiger partial charge in [0.2, 0.25) is 0 Å². The molecule has 4 aromatic carbocycles. The molecule has 0 N–H and O–H groups in total. The van der Waals surface area contributed by atoms with Crippen LogP contribution in [-0.4, -0.2) is 19.9 Å². The zero-order valence-electron chi connectivity index (χ0n) is 40.5. The molecule has 0 spiro atoms. The van der Waals surface area contributed by atoms with Gasteiger partial charge in [-0.3, -0.25) is 0 Å². The van der Waals surface area contributed by atoms with Crippen molar-refractivity contribution in [2.24, 2.45) is 0 Å². The van der Waals surface area contributed by atoms with Gasteiger partial charge in [0.1, 0.15) is 12.2 Å². The summed E-state index contributed by atoms with van der Waals surface area (Å²) in [5.74, 6) is 1.51. The van der Waals surface area contributed by atoms with Gasteiger partial charge in [0.05, 0.1) is 0 Å². The fourth-order valence-corrected chi connectivity index (χ4v) is 8.81. The highest BCUT2D eigenvalue weighted by Gasteiger charge is 2.24. The topological polar surface area (TPSA) is 60.8 Å². The average molecular weight is 871 g/mol. The van der Waals surface area contributed by atoms with Gasteiger partial charge in [0.15, 0.2) is 11.6 Å². The average Bonchev–Trinajstić information content (AvgIpc) is 3.36. The highest BCUT2D eigenvalue weighted by atomic mass is 16.5. The summed E-state index contributed by atoms with van der Waals surface area (Å²) in [6.07, 6.45) is 34.4. The summed E-state index contributed by atoms with van der Waals surface area (Å²) in [4.78, 5) is 19.2. The van der Waals surface area contributed by atoms with Crippen LogP contribution in [0.5, 0.6) is 0 Å². The molecule has 2 unspecified atom stereocenters. The Bertz CT molecular complexity index is 2000. The van der Waals surface area contributed by atoms with Crippen molar-refractivity contribution in [2.45, 2.75) is 181 Å². The van der Waals surface area contributed by atoms with Crippen molar-refractivity contribution in [1.82, 2.24) is 19.9 Å². The fraction of sp³-hybridized carbons (Fsp3) is 0.467. The molecule has 5 heteroatoms. The second-order valence-corrected chi connectivity index (χ2v) is 18.4. The van der Waals surface area contributed by atoms with Crippen molar-refractivity contribution < 1.29 is 4.74 Å². The SMILES string of the molecule is CCCCCCCc1cnc(-c2ccc(C(OC(c3ccc(CCCCCC)cc3)c3ccc(-c4ncc(CCCCCCC)cn4)cc3)c3ccc(CCCCCC)cc3)cc2)nc1. The first-order valence-electron chi connectivity index (χ1n) is 25.7. The minimum atomic E-state index is -0.314. The number of hydrogen-bond donors (Lipinski definition) is 0. The molecule has 5 nitrogen and oxygen atoms in total. The Hall–Kier alpha value is -5.00. The molecule has 0 radical (unpaired) electrons. The number of benzene rings is 4. The molecule has 0 saturated heterocycles. The first-order chi connectivity index (χ1) is 32.1. The third kappa shape index (κ3) is 16.1. The van der Waals surface area contributed by atoms with E-state index in [-0.39, 0.29) is 12.2 Å². The summed E-state index contributed by atoms with van der Waals surface area (Å²) in [5.41, 5.74) is 11.7. The van der Waals surface area contributed by atoms with E-state index in [1.54, 1.807) is 0 Å². The van der Waals surface area contributed by atoms with Crippen molar-refractivity contribution >= 4 is 0 Å². The number of rotatable bonds is 30. The van der Waals surface area contributed by atoms with Gasteiger partial charge in [-0.25, -0.2) is 19.9 Å². The van der Waals surface area contributed by atoms with Crippen LogP contribution in [0.3, 0.4) is 0 Å². The van der Waals surface area contributed by atoms with Gasteiger partial charge in [0, 0.05) is 35.9 Å². The quantitative estimate of drug-likeness (QED) is 0.0422. The lowest BCUT2D eigenvalue weighted by Crippen LogP contribution is -2.14. The van der Waals surface area contributed by atoms with E-state index in [9.17, 15) is 0 Å². The summed E-state index contributed by atoms with van der Waals surface area (Å²) in [6.45, 7) is 9.07. The molecular formula is C60H78N4O. The summed E-state index contributed by atoms with van der Waals surface area (Å²) in [6, 6.07) is 35.8. The van der Waals surface area contributed by atoms with Crippen LogP contribution in [-0.2, 0) is 30.4 Å². The molecule has 0 aliphatic heterocycles. The predicted octanol–water partition coefficient (Wildman–Crippen LogP) is 16.8. The zero-order chi connectivity index (χ0) is 45.3. The number of nitrogens with zero attached hydrogens (tertiary/aromatic N) is 4. The zero-order valence-corrected chi connectivity index (χ0v) is 40.5. The Morgan fingerprint density at radius 2 is 0.569 bits per heavy atom. The molecular weight excluding hydrogens is 793 g/mol. The van der Waals surface area contributed by atoms with E-state index < -0.39 is 0 Å². The summed E-state index contributed by atoms with van der Waals surface area (Å²) >= 11 is 0. The lowest BCUT2D eigenvalue weighted by atomic mass is 9.95. The third-order valence-electron chi connectivity index (χ3n) is 13.0. The van der Waals surface area contributed by atoms with Gasteiger partial charge in [-0.2, -0.15) is 0 Å². The molecule has 0 aliphatic carbocycles. The maximum Gasteiger partial charge on any atom is 0.159 e. The van der Waals surface area contributed by atoms with E-state index in [0.717, 1.165) is 70.7 Å².